The van der Waals surface area contributed by atoms with Crippen molar-refractivity contribution < 1.29 is 19.1 Å². The lowest BCUT2D eigenvalue weighted by molar-refractivity contribution is -0.147. The van der Waals surface area contributed by atoms with Gasteiger partial charge in [-0.25, -0.2) is 9.59 Å². The molecule has 0 fully saturated rings. The summed E-state index contributed by atoms with van der Waals surface area (Å²) in [5, 5.41) is 2.61. The number of hydrogen-bond donors (Lipinski definition) is 2. The lowest BCUT2D eigenvalue weighted by atomic mass is 10.1. The van der Waals surface area contributed by atoms with Crippen LogP contribution >= 0.6 is 24.8 Å². The second-order valence-corrected chi connectivity index (χ2v) is 6.14. The van der Waals surface area contributed by atoms with Crippen LogP contribution in [-0.2, 0) is 27.5 Å². The van der Waals surface area contributed by atoms with E-state index in [1.54, 1.807) is 0 Å². The smallest absolute Gasteiger partial charge is 0.408 e. The quantitative estimate of drug-likeness (QED) is 0.428. The van der Waals surface area contributed by atoms with Crippen LogP contribution < -0.4 is 11.1 Å². The van der Waals surface area contributed by atoms with E-state index < -0.39 is 18.1 Å². The summed E-state index contributed by atoms with van der Waals surface area (Å²) in [6, 6.07) is 18.0. The van der Waals surface area contributed by atoms with Crippen LogP contribution in [0.25, 0.3) is 0 Å². The number of carbonyl (C=O) groups is 2. The van der Waals surface area contributed by atoms with Gasteiger partial charge >= 0.3 is 12.1 Å². The molecule has 0 aromatic heterocycles. The third-order valence-corrected chi connectivity index (χ3v) is 3.96. The highest BCUT2D eigenvalue weighted by atomic mass is 35.5. The highest BCUT2D eigenvalue weighted by molar-refractivity contribution is 5.85. The second kappa shape index (κ2) is 15.6. The Balaban J connectivity index is 0.00000392. The number of alkyl carbamates (subject to hydrolysis) is 1. The number of carbonyl (C=O) groups excluding carboxylic acids is 2. The molecule has 6 nitrogen and oxygen atoms in total. The highest BCUT2D eigenvalue weighted by Crippen LogP contribution is 2.07. The Morgan fingerprint density at radius 3 is 1.86 bits per heavy atom. The molecule has 0 unspecified atom stereocenters. The molecule has 0 spiro atoms. The normalized spacial score (nSPS) is 10.7. The number of nitrogens with two attached hydrogens (primary N) is 1. The van der Waals surface area contributed by atoms with E-state index in [0.717, 1.165) is 17.5 Å². The topological polar surface area (TPSA) is 90.6 Å². The van der Waals surface area contributed by atoms with Gasteiger partial charge in [0, 0.05) is 0 Å². The largest absolute Gasteiger partial charge is 0.459 e. The van der Waals surface area contributed by atoms with E-state index in [9.17, 15) is 9.59 Å². The van der Waals surface area contributed by atoms with Gasteiger partial charge in [-0.1, -0.05) is 60.7 Å². The summed E-state index contributed by atoms with van der Waals surface area (Å²) in [6.45, 7) is 0.833. The molecule has 0 aliphatic carbocycles. The Kier molecular flexibility index (Phi) is 14.4. The number of unbranched alkanes of at least 4 members (excludes halogenated alkanes) is 1. The van der Waals surface area contributed by atoms with Crippen LogP contribution in [0.2, 0.25) is 0 Å². The fourth-order valence-corrected chi connectivity index (χ4v) is 2.48. The summed E-state index contributed by atoms with van der Waals surface area (Å²) < 4.78 is 10.5. The Bertz CT molecular complexity index is 702. The fraction of sp³-hybridized carbons (Fsp3) is 0.333. The average Bonchev–Trinajstić information content (AvgIpc) is 2.71. The third kappa shape index (κ3) is 10.7. The molecule has 2 aromatic rings. The number of nitrogens with one attached hydrogen (secondary N) is 1. The molecular formula is C21H28Cl2N2O4. The summed E-state index contributed by atoms with van der Waals surface area (Å²) >= 11 is 0. The minimum Gasteiger partial charge on any atom is -0.459 e. The van der Waals surface area contributed by atoms with E-state index in [2.05, 4.69) is 5.32 Å². The molecule has 0 bridgehead atoms. The Labute approximate surface area is 184 Å². The summed E-state index contributed by atoms with van der Waals surface area (Å²) in [6.07, 6.45) is 1.28. The molecule has 0 heterocycles. The zero-order valence-electron chi connectivity index (χ0n) is 16.1. The van der Waals surface area contributed by atoms with Crippen molar-refractivity contribution >= 4 is 36.9 Å². The Morgan fingerprint density at radius 1 is 0.828 bits per heavy atom. The van der Waals surface area contributed by atoms with Crippen LogP contribution in [0.4, 0.5) is 4.79 Å². The van der Waals surface area contributed by atoms with Gasteiger partial charge in [0.15, 0.2) is 0 Å². The van der Waals surface area contributed by atoms with Crippen molar-refractivity contribution in [3.63, 3.8) is 0 Å². The summed E-state index contributed by atoms with van der Waals surface area (Å²) in [4.78, 5) is 24.5. The summed E-state index contributed by atoms with van der Waals surface area (Å²) in [5.41, 5.74) is 7.27. The Hall–Kier alpha value is -2.28. The van der Waals surface area contributed by atoms with Crippen molar-refractivity contribution in [2.45, 2.75) is 38.5 Å². The molecule has 8 heteroatoms. The van der Waals surface area contributed by atoms with E-state index in [-0.39, 0.29) is 38.0 Å². The maximum atomic E-state index is 12.4. The van der Waals surface area contributed by atoms with Gasteiger partial charge in [-0.15, -0.1) is 24.8 Å². The number of benzene rings is 2. The molecule has 2 rings (SSSR count). The Morgan fingerprint density at radius 2 is 1.34 bits per heavy atom. The van der Waals surface area contributed by atoms with Gasteiger partial charge in [-0.2, -0.15) is 0 Å². The predicted molar refractivity (Wildman–Crippen MR) is 117 cm³/mol. The highest BCUT2D eigenvalue weighted by Gasteiger charge is 2.22. The number of rotatable bonds is 10. The number of amides is 1. The van der Waals surface area contributed by atoms with Crippen LogP contribution in [0.5, 0.6) is 0 Å². The zero-order valence-corrected chi connectivity index (χ0v) is 17.8. The molecule has 0 aliphatic rings. The molecule has 0 saturated carbocycles. The van der Waals surface area contributed by atoms with Crippen molar-refractivity contribution in [3.8, 4) is 0 Å². The SMILES string of the molecule is Cl.Cl.NCCCC[C@@H](NC(=O)OCc1ccccc1)C(=O)OCc1ccccc1. The van der Waals surface area contributed by atoms with E-state index in [1.165, 1.54) is 0 Å². The van der Waals surface area contributed by atoms with Crippen LogP contribution in [0.1, 0.15) is 30.4 Å². The van der Waals surface area contributed by atoms with Gasteiger partial charge in [-0.05, 0) is 36.9 Å². The predicted octanol–water partition coefficient (Wildman–Crippen LogP) is 4.00. The van der Waals surface area contributed by atoms with Gasteiger partial charge in [0.2, 0.25) is 0 Å². The molecule has 2 aromatic carbocycles. The monoisotopic (exact) mass is 442 g/mol. The minimum atomic E-state index is -0.761. The van der Waals surface area contributed by atoms with Crippen molar-refractivity contribution in [1.29, 1.82) is 0 Å². The van der Waals surface area contributed by atoms with Crippen LogP contribution in [-0.4, -0.2) is 24.6 Å². The number of esters is 1. The molecule has 1 amide bonds. The van der Waals surface area contributed by atoms with Crippen LogP contribution in [0, 0.1) is 0 Å². The molecule has 1 atom stereocenters. The summed E-state index contributed by atoms with van der Waals surface area (Å²) in [5.74, 6) is -0.479. The fourth-order valence-electron chi connectivity index (χ4n) is 2.48. The summed E-state index contributed by atoms with van der Waals surface area (Å²) in [7, 11) is 0. The second-order valence-electron chi connectivity index (χ2n) is 6.14. The number of halogens is 2. The first-order valence-corrected chi connectivity index (χ1v) is 9.07. The molecule has 0 aliphatic heterocycles. The molecule has 29 heavy (non-hydrogen) atoms. The lowest BCUT2D eigenvalue weighted by Crippen LogP contribution is -2.42. The third-order valence-electron chi connectivity index (χ3n) is 3.96. The maximum absolute atomic E-state index is 12.4. The first-order chi connectivity index (χ1) is 13.2. The van der Waals surface area contributed by atoms with E-state index in [0.29, 0.717) is 19.4 Å². The molecule has 0 radical (unpaired) electrons. The van der Waals surface area contributed by atoms with Crippen molar-refractivity contribution in [1.82, 2.24) is 5.32 Å². The van der Waals surface area contributed by atoms with E-state index in [4.69, 9.17) is 15.2 Å². The van der Waals surface area contributed by atoms with Gasteiger partial charge in [0.05, 0.1) is 0 Å². The van der Waals surface area contributed by atoms with Gasteiger partial charge in [0.1, 0.15) is 19.3 Å². The van der Waals surface area contributed by atoms with Gasteiger partial charge in [-0.3, -0.25) is 0 Å². The number of hydrogen-bond acceptors (Lipinski definition) is 5. The minimum absolute atomic E-state index is 0. The first kappa shape index (κ1) is 26.7. The van der Waals surface area contributed by atoms with Crippen molar-refractivity contribution in [3.05, 3.63) is 71.8 Å². The first-order valence-electron chi connectivity index (χ1n) is 9.07. The molecule has 3 N–H and O–H groups in total. The zero-order chi connectivity index (χ0) is 19.3. The standard InChI is InChI=1S/C21H26N2O4.2ClH/c22-14-8-7-13-19(20(24)26-15-17-9-3-1-4-10-17)23-21(25)27-16-18-11-5-2-6-12-18;;/h1-6,9-12,19H,7-8,13-16,22H2,(H,23,25);2*1H/t19-;;/m1../s1. The van der Waals surface area contributed by atoms with Gasteiger partial charge in [0.25, 0.3) is 0 Å². The van der Waals surface area contributed by atoms with Gasteiger partial charge < -0.3 is 20.5 Å². The van der Waals surface area contributed by atoms with E-state index >= 15 is 0 Å². The lowest BCUT2D eigenvalue weighted by Gasteiger charge is -2.17. The average molecular weight is 443 g/mol. The van der Waals surface area contributed by atoms with Crippen LogP contribution in [0.15, 0.2) is 60.7 Å². The van der Waals surface area contributed by atoms with Crippen LogP contribution in [0.3, 0.4) is 0 Å². The number of ether oxygens (including phenoxy) is 2. The molecule has 0 saturated heterocycles. The van der Waals surface area contributed by atoms with Crippen molar-refractivity contribution in [2.24, 2.45) is 5.73 Å². The maximum Gasteiger partial charge on any atom is 0.408 e. The molecule has 160 valence electrons. The van der Waals surface area contributed by atoms with Crippen molar-refractivity contribution in [2.75, 3.05) is 6.54 Å². The van der Waals surface area contributed by atoms with E-state index in [1.807, 2.05) is 60.7 Å². The molecular weight excluding hydrogens is 415 g/mol.